The van der Waals surface area contributed by atoms with E-state index in [0.717, 1.165) is 23.4 Å². The fourth-order valence-electron chi connectivity index (χ4n) is 3.49. The molecule has 0 radical (unpaired) electrons. The third-order valence-electron chi connectivity index (χ3n) is 5.15. The van der Waals surface area contributed by atoms with Crippen molar-refractivity contribution < 1.29 is 18.0 Å². The largest absolute Gasteiger partial charge is 0.416 e. The summed E-state index contributed by atoms with van der Waals surface area (Å²) in [7, 11) is 0. The van der Waals surface area contributed by atoms with Gasteiger partial charge in [-0.15, -0.1) is 5.10 Å². The Kier molecular flexibility index (Phi) is 5.19. The predicted octanol–water partition coefficient (Wildman–Crippen LogP) is 3.56. The average molecular weight is 415 g/mol. The number of piperazine rings is 1. The summed E-state index contributed by atoms with van der Waals surface area (Å²) in [6.07, 6.45) is -2.87. The van der Waals surface area contributed by atoms with E-state index >= 15 is 0 Å². The molecule has 156 valence electrons. The van der Waals surface area contributed by atoms with Crippen molar-refractivity contribution in [1.29, 1.82) is 0 Å². The van der Waals surface area contributed by atoms with Crippen LogP contribution in [0.15, 0.2) is 54.9 Å². The lowest BCUT2D eigenvalue weighted by Gasteiger charge is -2.35. The van der Waals surface area contributed by atoms with Crippen LogP contribution in [0.3, 0.4) is 0 Å². The molecule has 9 heteroatoms. The third-order valence-corrected chi connectivity index (χ3v) is 5.15. The van der Waals surface area contributed by atoms with Crippen LogP contribution in [-0.4, -0.2) is 51.8 Å². The number of halogens is 3. The lowest BCUT2D eigenvalue weighted by atomic mass is 10.1. The monoisotopic (exact) mass is 415 g/mol. The number of anilines is 1. The standard InChI is InChI=1S/C21H20F3N5O/c1-15-5-2-3-8-18(15)29-14-25-19(26-29)20(30)28-11-9-27(10-12-28)17-7-4-6-16(13-17)21(22,23)24/h2-8,13-14H,9-12H2,1H3. The summed E-state index contributed by atoms with van der Waals surface area (Å²) in [5, 5.41) is 4.31. The third kappa shape index (κ3) is 4.00. The second kappa shape index (κ2) is 7.81. The van der Waals surface area contributed by atoms with Gasteiger partial charge in [-0.25, -0.2) is 9.67 Å². The van der Waals surface area contributed by atoms with Crippen molar-refractivity contribution in [2.75, 3.05) is 31.1 Å². The topological polar surface area (TPSA) is 54.3 Å². The van der Waals surface area contributed by atoms with Gasteiger partial charge in [-0.3, -0.25) is 4.79 Å². The molecule has 3 aromatic rings. The summed E-state index contributed by atoms with van der Waals surface area (Å²) in [6, 6.07) is 12.9. The highest BCUT2D eigenvalue weighted by atomic mass is 19.4. The molecule has 0 unspecified atom stereocenters. The van der Waals surface area contributed by atoms with Gasteiger partial charge in [0.05, 0.1) is 11.3 Å². The number of amides is 1. The van der Waals surface area contributed by atoms with Crippen LogP contribution in [0.1, 0.15) is 21.7 Å². The highest BCUT2D eigenvalue weighted by Crippen LogP contribution is 2.31. The number of hydrogen-bond donors (Lipinski definition) is 0. The number of rotatable bonds is 3. The van der Waals surface area contributed by atoms with Crippen molar-refractivity contribution >= 4 is 11.6 Å². The zero-order valence-corrected chi connectivity index (χ0v) is 16.3. The van der Waals surface area contributed by atoms with Crippen LogP contribution in [0.4, 0.5) is 18.9 Å². The van der Waals surface area contributed by atoms with Gasteiger partial charge in [0.2, 0.25) is 5.82 Å². The van der Waals surface area contributed by atoms with E-state index in [0.29, 0.717) is 31.9 Å². The fourth-order valence-corrected chi connectivity index (χ4v) is 3.49. The van der Waals surface area contributed by atoms with Gasteiger partial charge in [0, 0.05) is 31.9 Å². The molecule has 4 rings (SSSR count). The first kappa shape index (κ1) is 19.9. The van der Waals surface area contributed by atoms with Crippen LogP contribution >= 0.6 is 0 Å². The molecule has 0 spiro atoms. The summed E-state index contributed by atoms with van der Waals surface area (Å²) in [4.78, 5) is 20.4. The van der Waals surface area contributed by atoms with Crippen molar-refractivity contribution in [3.05, 3.63) is 71.8 Å². The summed E-state index contributed by atoms with van der Waals surface area (Å²) in [6.45, 7) is 3.59. The summed E-state index contributed by atoms with van der Waals surface area (Å²) >= 11 is 0. The second-order valence-electron chi connectivity index (χ2n) is 7.13. The van der Waals surface area contributed by atoms with E-state index in [-0.39, 0.29) is 11.7 Å². The van der Waals surface area contributed by atoms with E-state index in [1.54, 1.807) is 15.6 Å². The van der Waals surface area contributed by atoms with Gasteiger partial charge in [0.15, 0.2) is 0 Å². The summed E-state index contributed by atoms with van der Waals surface area (Å²) < 4.78 is 40.4. The van der Waals surface area contributed by atoms with E-state index in [4.69, 9.17) is 0 Å². The number of carbonyl (C=O) groups is 1. The Hall–Kier alpha value is -3.36. The van der Waals surface area contributed by atoms with Crippen molar-refractivity contribution in [1.82, 2.24) is 19.7 Å². The number of aromatic nitrogens is 3. The minimum Gasteiger partial charge on any atom is -0.368 e. The van der Waals surface area contributed by atoms with Gasteiger partial charge >= 0.3 is 6.18 Å². The van der Waals surface area contributed by atoms with Gasteiger partial charge in [-0.05, 0) is 36.8 Å². The predicted molar refractivity (Wildman–Crippen MR) is 106 cm³/mol. The number of nitrogens with zero attached hydrogens (tertiary/aromatic N) is 5. The molecule has 30 heavy (non-hydrogen) atoms. The van der Waals surface area contributed by atoms with Crippen LogP contribution in [0.2, 0.25) is 0 Å². The molecule has 0 aliphatic carbocycles. The SMILES string of the molecule is Cc1ccccc1-n1cnc(C(=O)N2CCN(c3cccc(C(F)(F)F)c3)CC2)n1. The van der Waals surface area contributed by atoms with Crippen LogP contribution in [-0.2, 0) is 6.18 Å². The van der Waals surface area contributed by atoms with Crippen molar-refractivity contribution in [3.63, 3.8) is 0 Å². The van der Waals surface area contributed by atoms with Crippen LogP contribution in [0.25, 0.3) is 5.69 Å². The van der Waals surface area contributed by atoms with Crippen LogP contribution in [0.5, 0.6) is 0 Å². The first-order chi connectivity index (χ1) is 14.3. The van der Waals surface area contributed by atoms with Crippen molar-refractivity contribution in [2.45, 2.75) is 13.1 Å². The second-order valence-corrected chi connectivity index (χ2v) is 7.13. The van der Waals surface area contributed by atoms with Crippen molar-refractivity contribution in [2.24, 2.45) is 0 Å². The maximum absolute atomic E-state index is 13.0. The Balaban J connectivity index is 1.43. The van der Waals surface area contributed by atoms with Gasteiger partial charge in [-0.2, -0.15) is 13.2 Å². The quantitative estimate of drug-likeness (QED) is 0.657. The normalized spacial score (nSPS) is 14.8. The minimum absolute atomic E-state index is 0.103. The smallest absolute Gasteiger partial charge is 0.368 e. The molecular formula is C21H20F3N5O. The maximum atomic E-state index is 13.0. The molecule has 6 nitrogen and oxygen atoms in total. The van der Waals surface area contributed by atoms with E-state index in [9.17, 15) is 18.0 Å². The van der Waals surface area contributed by atoms with Gasteiger partial charge in [-0.1, -0.05) is 24.3 Å². The Morgan fingerprint density at radius 2 is 1.73 bits per heavy atom. The average Bonchev–Trinajstić information content (AvgIpc) is 3.23. The van der Waals surface area contributed by atoms with E-state index in [2.05, 4.69) is 10.1 Å². The van der Waals surface area contributed by atoms with Crippen LogP contribution < -0.4 is 4.90 Å². The molecule has 1 aliphatic rings. The highest BCUT2D eigenvalue weighted by molar-refractivity contribution is 5.90. The summed E-state index contributed by atoms with van der Waals surface area (Å²) in [5.74, 6) is -0.184. The highest BCUT2D eigenvalue weighted by Gasteiger charge is 2.31. The number of benzene rings is 2. The van der Waals surface area contributed by atoms with Crippen LogP contribution in [0, 0.1) is 6.92 Å². The molecule has 1 saturated heterocycles. The fraction of sp³-hybridized carbons (Fsp3) is 0.286. The Morgan fingerprint density at radius 1 is 1.00 bits per heavy atom. The molecule has 2 aromatic carbocycles. The van der Waals surface area contributed by atoms with E-state index in [1.165, 1.54) is 12.4 Å². The Morgan fingerprint density at radius 3 is 2.43 bits per heavy atom. The minimum atomic E-state index is -4.38. The van der Waals surface area contributed by atoms with E-state index in [1.807, 2.05) is 36.1 Å². The molecule has 0 N–H and O–H groups in total. The zero-order valence-electron chi connectivity index (χ0n) is 16.3. The molecule has 1 aliphatic heterocycles. The first-order valence-electron chi connectivity index (χ1n) is 9.52. The zero-order chi connectivity index (χ0) is 21.3. The first-order valence-corrected chi connectivity index (χ1v) is 9.52. The molecule has 1 fully saturated rings. The lowest BCUT2D eigenvalue weighted by Crippen LogP contribution is -2.49. The maximum Gasteiger partial charge on any atom is 0.416 e. The summed E-state index contributed by atoms with van der Waals surface area (Å²) in [5.41, 5.74) is 1.68. The molecule has 0 saturated carbocycles. The molecule has 0 atom stereocenters. The molecule has 1 amide bonds. The van der Waals surface area contributed by atoms with Gasteiger partial charge in [0.1, 0.15) is 6.33 Å². The number of carbonyl (C=O) groups excluding carboxylic acids is 1. The number of aryl methyl sites for hydroxylation is 1. The van der Waals surface area contributed by atoms with E-state index < -0.39 is 11.7 Å². The number of hydrogen-bond acceptors (Lipinski definition) is 4. The molecule has 0 bridgehead atoms. The van der Waals surface area contributed by atoms with Gasteiger partial charge < -0.3 is 9.80 Å². The Bertz CT molecular complexity index is 1050. The van der Waals surface area contributed by atoms with Gasteiger partial charge in [0.25, 0.3) is 5.91 Å². The molecular weight excluding hydrogens is 395 g/mol. The van der Waals surface area contributed by atoms with Crippen molar-refractivity contribution in [3.8, 4) is 5.69 Å². The lowest BCUT2D eigenvalue weighted by molar-refractivity contribution is -0.137. The number of para-hydroxylation sites is 1. The molecule has 1 aromatic heterocycles. The number of alkyl halides is 3. The molecule has 2 heterocycles. The Labute approximate surface area is 171 Å².